The molecular formula is C9H18N2O. The zero-order chi connectivity index (χ0) is 8.60. The van der Waals surface area contributed by atoms with Crippen molar-refractivity contribution in [3.63, 3.8) is 0 Å². The lowest BCUT2D eigenvalue weighted by molar-refractivity contribution is -0.0930. The minimum Gasteiger partial charge on any atom is -0.378 e. The normalized spacial score (nSPS) is 39.5. The van der Waals surface area contributed by atoms with E-state index in [0.29, 0.717) is 0 Å². The van der Waals surface area contributed by atoms with Crippen LogP contribution in [0.15, 0.2) is 0 Å². The molecule has 0 amide bonds. The Morgan fingerprint density at radius 2 is 2.08 bits per heavy atom. The first-order chi connectivity index (χ1) is 5.71. The van der Waals surface area contributed by atoms with Gasteiger partial charge in [0.05, 0.1) is 18.8 Å². The van der Waals surface area contributed by atoms with Crippen molar-refractivity contribution >= 4 is 0 Å². The molecule has 70 valence electrons. The number of ether oxygens (including phenoxy) is 1. The summed E-state index contributed by atoms with van der Waals surface area (Å²) >= 11 is 0. The van der Waals surface area contributed by atoms with E-state index < -0.39 is 0 Å². The fourth-order valence-electron chi connectivity index (χ4n) is 2.31. The van der Waals surface area contributed by atoms with E-state index in [1.54, 1.807) is 0 Å². The van der Waals surface area contributed by atoms with Crippen LogP contribution in [-0.2, 0) is 4.74 Å². The van der Waals surface area contributed by atoms with Crippen LogP contribution in [0.4, 0.5) is 0 Å². The van der Waals surface area contributed by atoms with Crippen LogP contribution >= 0.6 is 0 Å². The first-order valence-electron chi connectivity index (χ1n) is 4.72. The predicted octanol–water partition coefficient (Wildman–Crippen LogP) is 0.0227. The largest absolute Gasteiger partial charge is 0.378 e. The van der Waals surface area contributed by atoms with E-state index >= 15 is 0 Å². The summed E-state index contributed by atoms with van der Waals surface area (Å²) in [4.78, 5) is 4.96. The minimum absolute atomic E-state index is 0.283. The van der Waals surface area contributed by atoms with E-state index in [-0.39, 0.29) is 5.54 Å². The Morgan fingerprint density at radius 3 is 2.92 bits per heavy atom. The molecule has 0 aromatic carbocycles. The maximum atomic E-state index is 5.52. The molecule has 2 aliphatic rings. The summed E-state index contributed by atoms with van der Waals surface area (Å²) in [6.45, 7) is 8.79. The second-order valence-corrected chi connectivity index (χ2v) is 4.27. The van der Waals surface area contributed by atoms with Gasteiger partial charge in [0.25, 0.3) is 0 Å². The lowest BCUT2D eigenvalue weighted by Gasteiger charge is -2.50. The Bertz CT molecular complexity index is 174. The molecule has 12 heavy (non-hydrogen) atoms. The second-order valence-electron chi connectivity index (χ2n) is 4.27. The average molecular weight is 170 g/mol. The molecule has 0 aromatic heterocycles. The summed E-state index contributed by atoms with van der Waals surface area (Å²) in [5.74, 6) is 0. The number of fused-ring (bicyclic) bond motifs is 1. The standard InChI is InChI=1S/C9H18N2O/c1-9-7-10(2)3-4-11(9)5-6-12-8-9/h3-8H2,1-2H3. The van der Waals surface area contributed by atoms with Gasteiger partial charge in [0.1, 0.15) is 0 Å². The van der Waals surface area contributed by atoms with Crippen LogP contribution in [0.5, 0.6) is 0 Å². The molecule has 1 atom stereocenters. The highest BCUT2D eigenvalue weighted by atomic mass is 16.5. The molecule has 0 bridgehead atoms. The van der Waals surface area contributed by atoms with Crippen molar-refractivity contribution in [1.82, 2.24) is 9.80 Å². The van der Waals surface area contributed by atoms with Crippen molar-refractivity contribution in [3.05, 3.63) is 0 Å². The summed E-state index contributed by atoms with van der Waals surface area (Å²) in [6.07, 6.45) is 0. The molecule has 1 unspecified atom stereocenters. The van der Waals surface area contributed by atoms with Crippen molar-refractivity contribution in [3.8, 4) is 0 Å². The van der Waals surface area contributed by atoms with Crippen LogP contribution in [0.25, 0.3) is 0 Å². The summed E-state index contributed by atoms with van der Waals surface area (Å²) in [5.41, 5.74) is 0.283. The molecule has 0 aromatic rings. The molecular weight excluding hydrogens is 152 g/mol. The lowest BCUT2D eigenvalue weighted by Crippen LogP contribution is -2.64. The topological polar surface area (TPSA) is 15.7 Å². The molecule has 0 N–H and O–H groups in total. The first kappa shape index (κ1) is 8.48. The molecule has 2 saturated heterocycles. The van der Waals surface area contributed by atoms with E-state index in [9.17, 15) is 0 Å². The zero-order valence-corrected chi connectivity index (χ0v) is 8.05. The Hall–Kier alpha value is -0.120. The van der Waals surface area contributed by atoms with Gasteiger partial charge in [-0.05, 0) is 14.0 Å². The molecule has 0 saturated carbocycles. The molecule has 2 rings (SSSR count). The van der Waals surface area contributed by atoms with Crippen LogP contribution < -0.4 is 0 Å². The average Bonchev–Trinajstić information content (AvgIpc) is 2.02. The molecule has 0 spiro atoms. The molecule has 2 aliphatic heterocycles. The van der Waals surface area contributed by atoms with E-state index in [2.05, 4.69) is 23.8 Å². The summed E-state index contributed by atoms with van der Waals surface area (Å²) in [5, 5.41) is 0. The van der Waals surface area contributed by atoms with E-state index in [4.69, 9.17) is 4.74 Å². The number of morpholine rings is 1. The third-order valence-electron chi connectivity index (χ3n) is 3.04. The van der Waals surface area contributed by atoms with Crippen molar-refractivity contribution in [1.29, 1.82) is 0 Å². The van der Waals surface area contributed by atoms with Crippen molar-refractivity contribution < 1.29 is 4.74 Å². The van der Waals surface area contributed by atoms with Gasteiger partial charge in [0, 0.05) is 26.2 Å². The number of likely N-dealkylation sites (N-methyl/N-ethyl adjacent to an activating group) is 1. The monoisotopic (exact) mass is 170 g/mol. The maximum absolute atomic E-state index is 5.52. The first-order valence-corrected chi connectivity index (χ1v) is 4.72. The van der Waals surface area contributed by atoms with E-state index in [1.807, 2.05) is 0 Å². The highest BCUT2D eigenvalue weighted by Crippen LogP contribution is 2.23. The van der Waals surface area contributed by atoms with Gasteiger partial charge < -0.3 is 9.64 Å². The third-order valence-corrected chi connectivity index (χ3v) is 3.04. The Balaban J connectivity index is 2.07. The van der Waals surface area contributed by atoms with Crippen LogP contribution in [0.2, 0.25) is 0 Å². The molecule has 0 aliphatic carbocycles. The zero-order valence-electron chi connectivity index (χ0n) is 8.05. The van der Waals surface area contributed by atoms with Crippen molar-refractivity contribution in [2.24, 2.45) is 0 Å². The summed E-state index contributed by atoms with van der Waals surface area (Å²) in [6, 6.07) is 0. The van der Waals surface area contributed by atoms with Crippen LogP contribution in [-0.4, -0.2) is 61.8 Å². The van der Waals surface area contributed by atoms with Crippen LogP contribution in [0, 0.1) is 0 Å². The Kier molecular flexibility index (Phi) is 2.10. The fourth-order valence-corrected chi connectivity index (χ4v) is 2.31. The van der Waals surface area contributed by atoms with Gasteiger partial charge in [0.2, 0.25) is 0 Å². The van der Waals surface area contributed by atoms with E-state index in [1.165, 1.54) is 13.1 Å². The van der Waals surface area contributed by atoms with Gasteiger partial charge in [-0.15, -0.1) is 0 Å². The number of hydrogen-bond donors (Lipinski definition) is 0. The third kappa shape index (κ3) is 1.37. The van der Waals surface area contributed by atoms with Gasteiger partial charge >= 0.3 is 0 Å². The van der Waals surface area contributed by atoms with Crippen molar-refractivity contribution in [2.75, 3.05) is 46.4 Å². The fraction of sp³-hybridized carbons (Fsp3) is 1.00. The van der Waals surface area contributed by atoms with E-state index in [0.717, 1.165) is 26.3 Å². The number of rotatable bonds is 0. The van der Waals surface area contributed by atoms with Gasteiger partial charge in [-0.3, -0.25) is 4.90 Å². The Morgan fingerprint density at radius 1 is 1.25 bits per heavy atom. The molecule has 3 heteroatoms. The van der Waals surface area contributed by atoms with Crippen molar-refractivity contribution in [2.45, 2.75) is 12.5 Å². The number of hydrogen-bond acceptors (Lipinski definition) is 3. The quantitative estimate of drug-likeness (QED) is 0.510. The van der Waals surface area contributed by atoms with Gasteiger partial charge in [-0.25, -0.2) is 0 Å². The Labute approximate surface area is 74.3 Å². The van der Waals surface area contributed by atoms with Crippen LogP contribution in [0.1, 0.15) is 6.92 Å². The smallest absolute Gasteiger partial charge is 0.0660 e. The number of nitrogens with zero attached hydrogens (tertiary/aromatic N) is 2. The molecule has 0 radical (unpaired) electrons. The highest BCUT2D eigenvalue weighted by Gasteiger charge is 2.38. The van der Waals surface area contributed by atoms with Gasteiger partial charge in [0.15, 0.2) is 0 Å². The van der Waals surface area contributed by atoms with Gasteiger partial charge in [-0.1, -0.05) is 0 Å². The van der Waals surface area contributed by atoms with Gasteiger partial charge in [-0.2, -0.15) is 0 Å². The summed E-state index contributed by atoms with van der Waals surface area (Å²) < 4.78 is 5.52. The summed E-state index contributed by atoms with van der Waals surface area (Å²) in [7, 11) is 2.19. The molecule has 3 nitrogen and oxygen atoms in total. The SMILES string of the molecule is CN1CCN2CCOCC2(C)C1. The minimum atomic E-state index is 0.283. The number of piperazine rings is 1. The second kappa shape index (κ2) is 2.98. The lowest BCUT2D eigenvalue weighted by atomic mass is 9.96. The predicted molar refractivity (Wildman–Crippen MR) is 48.3 cm³/mol. The molecule has 2 heterocycles. The highest BCUT2D eigenvalue weighted by molar-refractivity contribution is 4.94. The maximum Gasteiger partial charge on any atom is 0.0660 e. The van der Waals surface area contributed by atoms with Crippen LogP contribution in [0.3, 0.4) is 0 Å². The molecule has 2 fully saturated rings.